The normalized spacial score (nSPS) is 15.5. The number of rotatable bonds is 3. The lowest BCUT2D eigenvalue weighted by atomic mass is 9.91. The zero-order valence-electron chi connectivity index (χ0n) is 11.8. The van der Waals surface area contributed by atoms with E-state index in [9.17, 15) is 22.8 Å². The lowest BCUT2D eigenvalue weighted by molar-refractivity contribution is -0.137. The predicted molar refractivity (Wildman–Crippen MR) is 78.2 cm³/mol. The third-order valence-corrected chi connectivity index (χ3v) is 3.77. The second-order valence-electron chi connectivity index (χ2n) is 5.11. The van der Waals surface area contributed by atoms with Crippen molar-refractivity contribution < 1.29 is 27.9 Å². The molecule has 1 aromatic rings. The van der Waals surface area contributed by atoms with Gasteiger partial charge in [0, 0.05) is 16.2 Å². The molecule has 8 heteroatoms. The Labute approximate surface area is 134 Å². The first kappa shape index (κ1) is 17.3. The second-order valence-corrected chi connectivity index (χ2v) is 5.55. The molecular formula is C15H13ClF3NO3. The van der Waals surface area contributed by atoms with E-state index in [0.717, 1.165) is 6.07 Å². The van der Waals surface area contributed by atoms with Crippen LogP contribution in [0.4, 0.5) is 18.9 Å². The van der Waals surface area contributed by atoms with Gasteiger partial charge in [0.2, 0.25) is 0 Å². The number of carboxylic acids is 1. The Morgan fingerprint density at radius 2 is 1.74 bits per heavy atom. The second kappa shape index (κ2) is 6.62. The molecule has 124 valence electrons. The molecule has 0 unspecified atom stereocenters. The predicted octanol–water partition coefficient (Wildman–Crippen LogP) is 4.25. The summed E-state index contributed by atoms with van der Waals surface area (Å²) in [5, 5.41) is 11.2. The van der Waals surface area contributed by atoms with Gasteiger partial charge in [-0.15, -0.1) is 0 Å². The zero-order chi connectivity index (χ0) is 17.2. The Bertz CT molecular complexity index is 683. The smallest absolute Gasteiger partial charge is 0.418 e. The van der Waals surface area contributed by atoms with Crippen molar-refractivity contribution in [2.24, 2.45) is 0 Å². The first-order valence-electron chi connectivity index (χ1n) is 6.83. The number of nitrogens with one attached hydrogen (secondary N) is 1. The molecule has 0 fully saturated rings. The van der Waals surface area contributed by atoms with Crippen molar-refractivity contribution in [2.45, 2.75) is 31.9 Å². The highest BCUT2D eigenvalue weighted by Crippen LogP contribution is 2.37. The highest BCUT2D eigenvalue weighted by molar-refractivity contribution is 6.30. The summed E-state index contributed by atoms with van der Waals surface area (Å²) in [6.07, 6.45) is -2.99. The van der Waals surface area contributed by atoms with Crippen molar-refractivity contribution in [1.29, 1.82) is 0 Å². The lowest BCUT2D eigenvalue weighted by Crippen LogP contribution is -2.22. The van der Waals surface area contributed by atoms with Crippen LogP contribution < -0.4 is 5.32 Å². The van der Waals surface area contributed by atoms with E-state index in [2.05, 4.69) is 5.32 Å². The number of aliphatic carboxylic acids is 1. The highest BCUT2D eigenvalue weighted by Gasteiger charge is 2.34. The number of halogens is 4. The van der Waals surface area contributed by atoms with Gasteiger partial charge in [0.05, 0.1) is 11.3 Å². The van der Waals surface area contributed by atoms with Crippen molar-refractivity contribution in [1.82, 2.24) is 0 Å². The molecule has 0 bridgehead atoms. The van der Waals surface area contributed by atoms with E-state index in [4.69, 9.17) is 16.7 Å². The maximum Gasteiger partial charge on any atom is 0.418 e. The average molecular weight is 348 g/mol. The van der Waals surface area contributed by atoms with E-state index >= 15 is 0 Å². The molecule has 2 rings (SSSR count). The number of carbonyl (C=O) groups is 2. The Kier molecular flexibility index (Phi) is 4.99. The standard InChI is InChI=1S/C15H13ClF3NO3/c16-8-5-6-12(11(7-8)15(17,18)19)20-13(21)9-3-1-2-4-10(9)14(22)23/h5-7H,1-4H2,(H,20,21)(H,22,23). The summed E-state index contributed by atoms with van der Waals surface area (Å²) in [4.78, 5) is 23.4. The average Bonchev–Trinajstić information content (AvgIpc) is 2.48. The molecule has 0 radical (unpaired) electrons. The van der Waals surface area contributed by atoms with E-state index in [-0.39, 0.29) is 29.0 Å². The SMILES string of the molecule is O=C(O)C1=C(C(=O)Nc2ccc(Cl)cc2C(F)(F)F)CCCC1. The molecule has 0 heterocycles. The van der Waals surface area contributed by atoms with Gasteiger partial charge in [-0.1, -0.05) is 11.6 Å². The minimum atomic E-state index is -4.69. The number of carbonyl (C=O) groups excluding carboxylic acids is 1. The van der Waals surface area contributed by atoms with E-state index in [0.29, 0.717) is 18.9 Å². The van der Waals surface area contributed by atoms with Gasteiger partial charge >= 0.3 is 12.1 Å². The zero-order valence-corrected chi connectivity index (χ0v) is 12.6. The first-order chi connectivity index (χ1) is 10.7. The molecule has 1 amide bonds. The van der Waals surface area contributed by atoms with Gasteiger partial charge in [-0.25, -0.2) is 4.79 Å². The van der Waals surface area contributed by atoms with Crippen LogP contribution >= 0.6 is 11.6 Å². The number of hydrogen-bond donors (Lipinski definition) is 2. The largest absolute Gasteiger partial charge is 0.478 e. The van der Waals surface area contributed by atoms with Crippen LogP contribution in [0, 0.1) is 0 Å². The van der Waals surface area contributed by atoms with Gasteiger partial charge in [0.1, 0.15) is 0 Å². The van der Waals surface area contributed by atoms with Gasteiger partial charge in [0.25, 0.3) is 5.91 Å². The summed E-state index contributed by atoms with van der Waals surface area (Å²) < 4.78 is 39.0. The lowest BCUT2D eigenvalue weighted by Gasteiger charge is -2.19. The number of hydrogen-bond acceptors (Lipinski definition) is 2. The molecular weight excluding hydrogens is 335 g/mol. The number of anilines is 1. The summed E-state index contributed by atoms with van der Waals surface area (Å²) in [6, 6.07) is 2.98. The summed E-state index contributed by atoms with van der Waals surface area (Å²) in [5.41, 5.74) is -1.55. The number of amides is 1. The van der Waals surface area contributed by atoms with Crippen LogP contribution in [0.5, 0.6) is 0 Å². The maximum atomic E-state index is 13.0. The van der Waals surface area contributed by atoms with Crippen LogP contribution in [-0.4, -0.2) is 17.0 Å². The topological polar surface area (TPSA) is 66.4 Å². The Morgan fingerprint density at radius 1 is 1.13 bits per heavy atom. The molecule has 2 N–H and O–H groups in total. The fraction of sp³-hybridized carbons (Fsp3) is 0.333. The summed E-state index contributed by atoms with van der Waals surface area (Å²) in [5.74, 6) is -2.04. The Hall–Kier alpha value is -2.02. The van der Waals surface area contributed by atoms with Crippen molar-refractivity contribution >= 4 is 29.2 Å². The van der Waals surface area contributed by atoms with E-state index in [1.165, 1.54) is 6.07 Å². The molecule has 0 saturated carbocycles. The van der Waals surface area contributed by atoms with Crippen molar-refractivity contribution in [2.75, 3.05) is 5.32 Å². The molecule has 23 heavy (non-hydrogen) atoms. The quantitative estimate of drug-likeness (QED) is 0.858. The van der Waals surface area contributed by atoms with E-state index in [1.54, 1.807) is 0 Å². The number of benzene rings is 1. The van der Waals surface area contributed by atoms with Gasteiger partial charge < -0.3 is 10.4 Å². The van der Waals surface area contributed by atoms with Gasteiger partial charge in [0.15, 0.2) is 0 Å². The van der Waals surface area contributed by atoms with Crippen molar-refractivity contribution in [3.05, 3.63) is 39.9 Å². The summed E-state index contributed by atoms with van der Waals surface area (Å²) >= 11 is 5.57. The molecule has 0 saturated heterocycles. The summed E-state index contributed by atoms with van der Waals surface area (Å²) in [6.45, 7) is 0. The highest BCUT2D eigenvalue weighted by atomic mass is 35.5. The van der Waals surface area contributed by atoms with Gasteiger partial charge in [-0.05, 0) is 43.9 Å². The van der Waals surface area contributed by atoms with Gasteiger partial charge in [-0.2, -0.15) is 13.2 Å². The Balaban J connectivity index is 2.36. The minimum absolute atomic E-state index is 0.0202. The summed E-state index contributed by atoms with van der Waals surface area (Å²) in [7, 11) is 0. The minimum Gasteiger partial charge on any atom is -0.478 e. The van der Waals surface area contributed by atoms with E-state index in [1.807, 2.05) is 0 Å². The molecule has 1 aliphatic carbocycles. The molecule has 0 aliphatic heterocycles. The molecule has 0 aromatic heterocycles. The van der Waals surface area contributed by atoms with Crippen LogP contribution in [0.3, 0.4) is 0 Å². The molecule has 0 atom stereocenters. The monoisotopic (exact) mass is 347 g/mol. The third kappa shape index (κ3) is 4.04. The number of alkyl halides is 3. The first-order valence-corrected chi connectivity index (χ1v) is 7.21. The van der Waals surface area contributed by atoms with Crippen LogP contribution in [-0.2, 0) is 15.8 Å². The molecule has 0 spiro atoms. The van der Waals surface area contributed by atoms with Crippen molar-refractivity contribution in [3.63, 3.8) is 0 Å². The van der Waals surface area contributed by atoms with Crippen LogP contribution in [0.2, 0.25) is 5.02 Å². The van der Waals surface area contributed by atoms with Crippen LogP contribution in [0.1, 0.15) is 31.2 Å². The molecule has 4 nitrogen and oxygen atoms in total. The third-order valence-electron chi connectivity index (χ3n) is 3.54. The fourth-order valence-electron chi connectivity index (χ4n) is 2.45. The Morgan fingerprint density at radius 3 is 2.30 bits per heavy atom. The van der Waals surface area contributed by atoms with Crippen LogP contribution in [0.15, 0.2) is 29.3 Å². The molecule has 1 aliphatic rings. The maximum absolute atomic E-state index is 13.0. The van der Waals surface area contributed by atoms with Crippen molar-refractivity contribution in [3.8, 4) is 0 Å². The fourth-order valence-corrected chi connectivity index (χ4v) is 2.62. The molecule has 1 aromatic carbocycles. The van der Waals surface area contributed by atoms with E-state index < -0.39 is 29.3 Å². The van der Waals surface area contributed by atoms with Gasteiger partial charge in [-0.3, -0.25) is 4.79 Å². The van der Waals surface area contributed by atoms with Crippen LogP contribution in [0.25, 0.3) is 0 Å². The number of carboxylic acid groups (broad SMARTS) is 1.